The number of benzene rings is 1. The number of hydrogen-bond donors (Lipinski definition) is 0. The van der Waals surface area contributed by atoms with Crippen molar-refractivity contribution in [2.75, 3.05) is 27.9 Å². The van der Waals surface area contributed by atoms with Gasteiger partial charge >= 0.3 is 11.9 Å². The minimum Gasteiger partial charge on any atom is -0.493 e. The van der Waals surface area contributed by atoms with E-state index in [0.717, 1.165) is 5.56 Å². The third kappa shape index (κ3) is 5.56. The fourth-order valence-corrected chi connectivity index (χ4v) is 1.49. The molecule has 0 fully saturated rings. The fourth-order valence-electron chi connectivity index (χ4n) is 1.49. The molecule has 6 heteroatoms. The van der Waals surface area contributed by atoms with Crippen molar-refractivity contribution in [3.63, 3.8) is 0 Å². The van der Waals surface area contributed by atoms with Crippen LogP contribution < -0.4 is 9.47 Å². The molecule has 0 amide bonds. The van der Waals surface area contributed by atoms with Crippen LogP contribution >= 0.6 is 0 Å². The second-order valence-corrected chi connectivity index (χ2v) is 3.94. The maximum absolute atomic E-state index is 11.0. The monoisotopic (exact) mass is 294 g/mol. The SMILES string of the molecule is COC(=O)C=Cc1ccc(OCCC(=O)OC)c(OC)c1. The van der Waals surface area contributed by atoms with Crippen molar-refractivity contribution in [1.29, 1.82) is 0 Å². The number of esters is 2. The number of ether oxygens (including phenoxy) is 4. The molecule has 114 valence electrons. The second-order valence-electron chi connectivity index (χ2n) is 3.94. The van der Waals surface area contributed by atoms with Crippen LogP contribution in [0.4, 0.5) is 0 Å². The molecule has 0 aliphatic rings. The molecular formula is C15H18O6. The van der Waals surface area contributed by atoms with Gasteiger partial charge in [0.05, 0.1) is 34.4 Å². The molecule has 1 aromatic carbocycles. The van der Waals surface area contributed by atoms with Gasteiger partial charge in [0.25, 0.3) is 0 Å². The molecule has 1 rings (SSSR count). The summed E-state index contributed by atoms with van der Waals surface area (Å²) in [6.07, 6.45) is 3.07. The molecule has 0 saturated heterocycles. The zero-order valence-corrected chi connectivity index (χ0v) is 12.3. The quantitative estimate of drug-likeness (QED) is 0.564. The lowest BCUT2D eigenvalue weighted by Gasteiger charge is -2.10. The lowest BCUT2D eigenvalue weighted by atomic mass is 10.2. The van der Waals surface area contributed by atoms with Gasteiger partial charge in [0.15, 0.2) is 11.5 Å². The maximum atomic E-state index is 11.0. The van der Waals surface area contributed by atoms with Gasteiger partial charge in [-0.15, -0.1) is 0 Å². The third-order valence-electron chi connectivity index (χ3n) is 2.59. The van der Waals surface area contributed by atoms with Crippen molar-refractivity contribution in [3.8, 4) is 11.5 Å². The maximum Gasteiger partial charge on any atom is 0.330 e. The Bertz CT molecular complexity index is 521. The smallest absolute Gasteiger partial charge is 0.330 e. The minimum absolute atomic E-state index is 0.156. The van der Waals surface area contributed by atoms with Gasteiger partial charge < -0.3 is 18.9 Å². The highest BCUT2D eigenvalue weighted by Crippen LogP contribution is 2.28. The van der Waals surface area contributed by atoms with E-state index in [9.17, 15) is 9.59 Å². The number of carbonyl (C=O) groups excluding carboxylic acids is 2. The highest BCUT2D eigenvalue weighted by atomic mass is 16.5. The first kappa shape index (κ1) is 16.6. The van der Waals surface area contributed by atoms with Crippen LogP contribution in [-0.4, -0.2) is 39.9 Å². The summed E-state index contributed by atoms with van der Waals surface area (Å²) < 4.78 is 19.7. The van der Waals surface area contributed by atoms with Crippen molar-refractivity contribution < 1.29 is 28.5 Å². The molecule has 0 spiro atoms. The Hall–Kier alpha value is -2.50. The second kappa shape index (κ2) is 8.63. The van der Waals surface area contributed by atoms with Gasteiger partial charge in [-0.2, -0.15) is 0 Å². The molecule has 0 aliphatic carbocycles. The Labute approximate surface area is 123 Å². The van der Waals surface area contributed by atoms with Crippen LogP contribution in [-0.2, 0) is 19.1 Å². The fraction of sp³-hybridized carbons (Fsp3) is 0.333. The van der Waals surface area contributed by atoms with E-state index in [1.165, 1.54) is 27.4 Å². The van der Waals surface area contributed by atoms with E-state index in [2.05, 4.69) is 9.47 Å². The summed E-state index contributed by atoms with van der Waals surface area (Å²) in [6, 6.07) is 5.18. The Kier molecular flexibility index (Phi) is 6.80. The summed E-state index contributed by atoms with van der Waals surface area (Å²) in [7, 11) is 4.15. The molecule has 21 heavy (non-hydrogen) atoms. The number of hydrogen-bond acceptors (Lipinski definition) is 6. The Balaban J connectivity index is 2.72. The van der Waals surface area contributed by atoms with Gasteiger partial charge in [-0.3, -0.25) is 4.79 Å². The van der Waals surface area contributed by atoms with Gasteiger partial charge in [-0.05, 0) is 23.8 Å². The predicted octanol–water partition coefficient (Wildman–Crippen LogP) is 1.82. The summed E-state index contributed by atoms with van der Waals surface area (Å²) >= 11 is 0. The highest BCUT2D eigenvalue weighted by molar-refractivity contribution is 5.87. The zero-order valence-electron chi connectivity index (χ0n) is 12.3. The highest BCUT2D eigenvalue weighted by Gasteiger charge is 2.07. The standard InChI is InChI=1S/C15H18O6/c1-18-13-10-11(5-7-14(16)19-2)4-6-12(13)21-9-8-15(17)20-3/h4-7,10H,8-9H2,1-3H3. The molecule has 0 unspecified atom stereocenters. The van der Waals surface area contributed by atoms with Gasteiger partial charge in [0.1, 0.15) is 0 Å². The van der Waals surface area contributed by atoms with Crippen LogP contribution in [0.1, 0.15) is 12.0 Å². The Morgan fingerprint density at radius 3 is 2.48 bits per heavy atom. The minimum atomic E-state index is -0.438. The Morgan fingerprint density at radius 1 is 1.10 bits per heavy atom. The van der Waals surface area contributed by atoms with E-state index in [-0.39, 0.29) is 19.0 Å². The summed E-state index contributed by atoms with van der Waals surface area (Å²) in [5, 5.41) is 0. The topological polar surface area (TPSA) is 71.1 Å². The largest absolute Gasteiger partial charge is 0.493 e. The Morgan fingerprint density at radius 2 is 1.86 bits per heavy atom. The molecule has 0 atom stereocenters. The molecule has 0 N–H and O–H groups in total. The van der Waals surface area contributed by atoms with E-state index >= 15 is 0 Å². The number of methoxy groups -OCH3 is 3. The van der Waals surface area contributed by atoms with E-state index in [4.69, 9.17) is 9.47 Å². The van der Waals surface area contributed by atoms with E-state index < -0.39 is 5.97 Å². The predicted molar refractivity (Wildman–Crippen MR) is 76.2 cm³/mol. The van der Waals surface area contributed by atoms with Crippen LogP contribution in [0.2, 0.25) is 0 Å². The van der Waals surface area contributed by atoms with Crippen LogP contribution in [0.15, 0.2) is 24.3 Å². The summed E-state index contributed by atoms with van der Waals surface area (Å²) in [4.78, 5) is 22.0. The number of rotatable bonds is 7. The molecule has 0 heterocycles. The normalized spacial score (nSPS) is 10.2. The molecule has 6 nitrogen and oxygen atoms in total. The van der Waals surface area contributed by atoms with E-state index in [1.807, 2.05) is 0 Å². The average Bonchev–Trinajstić information content (AvgIpc) is 2.52. The van der Waals surface area contributed by atoms with Crippen molar-refractivity contribution in [2.45, 2.75) is 6.42 Å². The van der Waals surface area contributed by atoms with Gasteiger partial charge in [-0.1, -0.05) is 6.07 Å². The summed E-state index contributed by atoms with van der Waals surface area (Å²) in [6.45, 7) is 0.195. The van der Waals surface area contributed by atoms with Gasteiger partial charge in [0.2, 0.25) is 0 Å². The first-order valence-corrected chi connectivity index (χ1v) is 6.24. The molecule has 0 bridgehead atoms. The first-order chi connectivity index (χ1) is 10.1. The van der Waals surface area contributed by atoms with E-state index in [1.54, 1.807) is 24.3 Å². The zero-order chi connectivity index (χ0) is 15.7. The molecule has 1 aromatic rings. The average molecular weight is 294 g/mol. The molecule has 0 radical (unpaired) electrons. The van der Waals surface area contributed by atoms with Crippen LogP contribution in [0, 0.1) is 0 Å². The lowest BCUT2D eigenvalue weighted by molar-refractivity contribution is -0.141. The lowest BCUT2D eigenvalue weighted by Crippen LogP contribution is -2.08. The molecule has 0 saturated carbocycles. The van der Waals surface area contributed by atoms with Crippen LogP contribution in [0.5, 0.6) is 11.5 Å². The summed E-state index contributed by atoms with van der Waals surface area (Å²) in [5.74, 6) is 0.238. The van der Waals surface area contributed by atoms with Gasteiger partial charge in [-0.25, -0.2) is 4.79 Å². The van der Waals surface area contributed by atoms with Crippen LogP contribution in [0.25, 0.3) is 6.08 Å². The number of carbonyl (C=O) groups is 2. The van der Waals surface area contributed by atoms with Crippen molar-refractivity contribution >= 4 is 18.0 Å². The first-order valence-electron chi connectivity index (χ1n) is 6.24. The van der Waals surface area contributed by atoms with Crippen molar-refractivity contribution in [2.24, 2.45) is 0 Å². The van der Waals surface area contributed by atoms with Crippen molar-refractivity contribution in [1.82, 2.24) is 0 Å². The molecule has 0 aromatic heterocycles. The van der Waals surface area contributed by atoms with E-state index in [0.29, 0.717) is 11.5 Å². The third-order valence-corrected chi connectivity index (χ3v) is 2.59. The molecule has 0 aliphatic heterocycles. The van der Waals surface area contributed by atoms with Crippen LogP contribution in [0.3, 0.4) is 0 Å². The molecular weight excluding hydrogens is 276 g/mol. The summed E-state index contributed by atoms with van der Waals surface area (Å²) in [5.41, 5.74) is 0.762. The van der Waals surface area contributed by atoms with Gasteiger partial charge in [0, 0.05) is 6.08 Å². The van der Waals surface area contributed by atoms with Crippen molar-refractivity contribution in [3.05, 3.63) is 29.8 Å².